The number of carbonyl (C=O) groups is 1. The average Bonchev–Trinajstić information content (AvgIpc) is 3.09. The van der Waals surface area contributed by atoms with Crippen molar-refractivity contribution in [2.45, 2.75) is 6.42 Å². The predicted octanol–water partition coefficient (Wildman–Crippen LogP) is 0.139. The van der Waals surface area contributed by atoms with Crippen LogP contribution in [0, 0.1) is 0 Å². The first-order valence-corrected chi connectivity index (χ1v) is 7.05. The second-order valence-corrected chi connectivity index (χ2v) is 5.01. The van der Waals surface area contributed by atoms with Gasteiger partial charge in [-0.25, -0.2) is 4.98 Å². The van der Waals surface area contributed by atoms with E-state index in [0.29, 0.717) is 42.0 Å². The van der Waals surface area contributed by atoms with Crippen molar-refractivity contribution in [3.8, 4) is 0 Å². The maximum Gasteiger partial charge on any atom is 0.265 e. The summed E-state index contributed by atoms with van der Waals surface area (Å²) in [6.07, 6.45) is 1.73. The normalized spacial score (nSPS) is 10.5. The molecule has 0 radical (unpaired) electrons. The molecular formula is C11H16N6O3S. The van der Waals surface area contributed by atoms with Crippen LogP contribution in [0.4, 0.5) is 10.9 Å². The Bertz CT molecular complexity index is 571. The van der Waals surface area contributed by atoms with Crippen LogP contribution in [0.25, 0.3) is 0 Å². The summed E-state index contributed by atoms with van der Waals surface area (Å²) in [5.41, 5.74) is 5.74. The number of hydrogen-bond acceptors (Lipinski definition) is 9. The van der Waals surface area contributed by atoms with Gasteiger partial charge >= 0.3 is 0 Å². The minimum Gasteiger partial charge on any atom is -0.383 e. The number of ether oxygens (including phenoxy) is 1. The van der Waals surface area contributed by atoms with Gasteiger partial charge in [0.25, 0.3) is 5.91 Å². The van der Waals surface area contributed by atoms with E-state index < -0.39 is 0 Å². The third kappa shape index (κ3) is 4.39. The number of anilines is 2. The fourth-order valence-electron chi connectivity index (χ4n) is 1.50. The van der Waals surface area contributed by atoms with Crippen LogP contribution in [0.1, 0.15) is 15.5 Å². The van der Waals surface area contributed by atoms with Gasteiger partial charge < -0.3 is 25.6 Å². The maximum atomic E-state index is 12.0. The van der Waals surface area contributed by atoms with Crippen LogP contribution in [0.5, 0.6) is 0 Å². The minimum absolute atomic E-state index is 0.206. The fraction of sp³-hybridized carbons (Fsp3) is 0.455. The first-order valence-electron chi connectivity index (χ1n) is 6.23. The van der Waals surface area contributed by atoms with Crippen molar-refractivity contribution >= 4 is 28.2 Å². The van der Waals surface area contributed by atoms with Crippen LogP contribution in [0.3, 0.4) is 0 Å². The lowest BCUT2D eigenvalue weighted by atomic mass is 10.4. The second-order valence-electron chi connectivity index (χ2n) is 4.01. The van der Waals surface area contributed by atoms with Gasteiger partial charge in [0.15, 0.2) is 11.0 Å². The average molecular weight is 312 g/mol. The van der Waals surface area contributed by atoms with E-state index in [4.69, 9.17) is 10.5 Å². The molecule has 4 N–H and O–H groups in total. The van der Waals surface area contributed by atoms with Crippen LogP contribution in [0.2, 0.25) is 0 Å². The fourth-order valence-corrected chi connectivity index (χ4v) is 2.33. The van der Waals surface area contributed by atoms with Crippen molar-refractivity contribution in [3.05, 3.63) is 17.1 Å². The number of methoxy groups -OCH3 is 1. The molecule has 0 aromatic carbocycles. The van der Waals surface area contributed by atoms with Crippen molar-refractivity contribution < 1.29 is 14.1 Å². The first-order chi connectivity index (χ1) is 10.2. The first kappa shape index (κ1) is 15.2. The van der Waals surface area contributed by atoms with E-state index in [2.05, 4.69) is 30.3 Å². The number of amides is 1. The molecule has 2 aromatic rings. The van der Waals surface area contributed by atoms with Crippen LogP contribution in [-0.2, 0) is 11.2 Å². The van der Waals surface area contributed by atoms with E-state index in [0.717, 1.165) is 0 Å². The largest absolute Gasteiger partial charge is 0.383 e. The standard InChI is InChI=1S/C11H16N6O3S/c1-19-5-4-14-11-16-9(12)8(21-11)10(18)13-3-2-7-15-6-20-17-7/h6H,2-5,12H2,1H3,(H,13,18)(H,14,16). The second kappa shape index (κ2) is 7.55. The minimum atomic E-state index is -0.270. The topological polar surface area (TPSA) is 128 Å². The van der Waals surface area contributed by atoms with Crippen LogP contribution >= 0.6 is 11.3 Å². The molecule has 0 fully saturated rings. The number of nitrogens with zero attached hydrogens (tertiary/aromatic N) is 3. The molecule has 0 aliphatic carbocycles. The number of hydrogen-bond donors (Lipinski definition) is 3. The van der Waals surface area contributed by atoms with Gasteiger partial charge in [0, 0.05) is 26.6 Å². The number of aromatic nitrogens is 3. The highest BCUT2D eigenvalue weighted by atomic mass is 32.1. The Labute approximate surface area is 124 Å². The molecule has 0 atom stereocenters. The zero-order chi connectivity index (χ0) is 15.1. The Balaban J connectivity index is 1.83. The number of nitrogens with one attached hydrogen (secondary N) is 2. The molecule has 2 rings (SSSR count). The van der Waals surface area contributed by atoms with Crippen LogP contribution in [-0.4, -0.2) is 47.8 Å². The zero-order valence-electron chi connectivity index (χ0n) is 11.5. The molecular weight excluding hydrogens is 296 g/mol. The van der Waals surface area contributed by atoms with E-state index in [9.17, 15) is 4.79 Å². The Kier molecular flexibility index (Phi) is 5.46. The molecule has 1 amide bonds. The van der Waals surface area contributed by atoms with Gasteiger partial charge in [-0.1, -0.05) is 16.5 Å². The van der Waals surface area contributed by atoms with Gasteiger partial charge in [-0.05, 0) is 0 Å². The lowest BCUT2D eigenvalue weighted by Crippen LogP contribution is -2.25. The smallest absolute Gasteiger partial charge is 0.265 e. The van der Waals surface area contributed by atoms with E-state index >= 15 is 0 Å². The number of carbonyl (C=O) groups excluding carboxylic acids is 1. The van der Waals surface area contributed by atoms with E-state index in [-0.39, 0.29) is 11.7 Å². The summed E-state index contributed by atoms with van der Waals surface area (Å²) < 4.78 is 9.53. The molecule has 0 unspecified atom stereocenters. The Hall–Kier alpha value is -2.20. The van der Waals surface area contributed by atoms with Crippen molar-refractivity contribution in [2.24, 2.45) is 0 Å². The zero-order valence-corrected chi connectivity index (χ0v) is 12.3. The van der Waals surface area contributed by atoms with Gasteiger partial charge in [0.2, 0.25) is 6.39 Å². The monoisotopic (exact) mass is 312 g/mol. The highest BCUT2D eigenvalue weighted by molar-refractivity contribution is 7.18. The summed E-state index contributed by atoms with van der Waals surface area (Å²) in [7, 11) is 1.61. The molecule has 0 saturated carbocycles. The van der Waals surface area contributed by atoms with Gasteiger partial charge in [-0.2, -0.15) is 4.98 Å². The summed E-state index contributed by atoms with van der Waals surface area (Å²) in [6, 6.07) is 0. The highest BCUT2D eigenvalue weighted by Gasteiger charge is 2.15. The van der Waals surface area contributed by atoms with Gasteiger partial charge in [0.1, 0.15) is 10.7 Å². The van der Waals surface area contributed by atoms with E-state index in [1.807, 2.05) is 0 Å². The third-order valence-electron chi connectivity index (χ3n) is 2.48. The Morgan fingerprint density at radius 3 is 3.10 bits per heavy atom. The molecule has 9 nitrogen and oxygen atoms in total. The Morgan fingerprint density at radius 2 is 2.38 bits per heavy atom. The molecule has 0 spiro atoms. The van der Waals surface area contributed by atoms with Crippen molar-refractivity contribution in [3.63, 3.8) is 0 Å². The summed E-state index contributed by atoms with van der Waals surface area (Å²) in [5, 5.41) is 10.0. The molecule has 114 valence electrons. The van der Waals surface area contributed by atoms with Crippen molar-refractivity contribution in [1.29, 1.82) is 0 Å². The molecule has 0 aliphatic rings. The molecule has 21 heavy (non-hydrogen) atoms. The quantitative estimate of drug-likeness (QED) is 0.587. The lowest BCUT2D eigenvalue weighted by molar-refractivity contribution is 0.0958. The predicted molar refractivity (Wildman–Crippen MR) is 77.2 cm³/mol. The van der Waals surface area contributed by atoms with Crippen LogP contribution < -0.4 is 16.4 Å². The molecule has 10 heteroatoms. The summed E-state index contributed by atoms with van der Waals surface area (Å²) >= 11 is 1.20. The number of thiazole rings is 1. The van der Waals surface area contributed by atoms with Crippen molar-refractivity contribution in [1.82, 2.24) is 20.4 Å². The maximum absolute atomic E-state index is 12.0. The summed E-state index contributed by atoms with van der Waals surface area (Å²) in [6.45, 7) is 1.54. The Morgan fingerprint density at radius 1 is 1.52 bits per heavy atom. The molecule has 0 bridgehead atoms. The number of nitrogen functional groups attached to an aromatic ring is 1. The van der Waals surface area contributed by atoms with Crippen LogP contribution in [0.15, 0.2) is 10.9 Å². The van der Waals surface area contributed by atoms with Gasteiger partial charge in [-0.15, -0.1) is 0 Å². The molecule has 0 aliphatic heterocycles. The van der Waals surface area contributed by atoms with Gasteiger partial charge in [0.05, 0.1) is 6.61 Å². The highest BCUT2D eigenvalue weighted by Crippen LogP contribution is 2.24. The van der Waals surface area contributed by atoms with E-state index in [1.54, 1.807) is 7.11 Å². The van der Waals surface area contributed by atoms with Gasteiger partial charge in [-0.3, -0.25) is 4.79 Å². The molecule has 2 aromatic heterocycles. The van der Waals surface area contributed by atoms with Crippen molar-refractivity contribution in [2.75, 3.05) is 37.9 Å². The third-order valence-corrected chi connectivity index (χ3v) is 3.51. The molecule has 2 heterocycles. The lowest BCUT2D eigenvalue weighted by Gasteiger charge is -2.01. The number of rotatable bonds is 8. The summed E-state index contributed by atoms with van der Waals surface area (Å²) in [5.74, 6) is 0.472. The summed E-state index contributed by atoms with van der Waals surface area (Å²) in [4.78, 5) is 20.3. The number of nitrogens with two attached hydrogens (primary N) is 1. The van der Waals surface area contributed by atoms with E-state index in [1.165, 1.54) is 17.7 Å². The molecule has 0 saturated heterocycles. The SMILES string of the molecule is COCCNc1nc(N)c(C(=O)NCCc2ncon2)s1.